The van der Waals surface area contributed by atoms with Gasteiger partial charge in [0.15, 0.2) is 11.4 Å². The monoisotopic (exact) mass is 379 g/mol. The predicted molar refractivity (Wildman–Crippen MR) is 89.7 cm³/mol. The van der Waals surface area contributed by atoms with Crippen LogP contribution in [-0.4, -0.2) is 22.8 Å². The van der Waals surface area contributed by atoms with Gasteiger partial charge in [-0.1, -0.05) is 6.07 Å². The highest BCUT2D eigenvalue weighted by Crippen LogP contribution is 2.30. The fourth-order valence-electron chi connectivity index (χ4n) is 2.50. The smallest absolute Gasteiger partial charge is 0.416 e. The molecule has 0 bridgehead atoms. The molecule has 0 aliphatic heterocycles. The molecule has 0 aliphatic rings. The van der Waals surface area contributed by atoms with Crippen LogP contribution in [0.3, 0.4) is 0 Å². The lowest BCUT2D eigenvalue weighted by Crippen LogP contribution is -2.27. The number of benzene rings is 1. The number of ether oxygens (including phenoxy) is 1. The number of hydrogen-bond donors (Lipinski definition) is 1. The Kier molecular flexibility index (Phi) is 4.93. The summed E-state index contributed by atoms with van der Waals surface area (Å²) < 4.78 is 50.3. The molecule has 0 saturated carbocycles. The summed E-state index contributed by atoms with van der Waals surface area (Å²) in [6.45, 7) is 1.73. The van der Waals surface area contributed by atoms with E-state index in [1.807, 2.05) is 0 Å². The minimum atomic E-state index is -4.48. The van der Waals surface area contributed by atoms with Crippen molar-refractivity contribution >= 4 is 5.91 Å². The van der Waals surface area contributed by atoms with Crippen LogP contribution in [0.2, 0.25) is 0 Å². The van der Waals surface area contributed by atoms with Crippen LogP contribution in [0.1, 0.15) is 34.8 Å². The fourth-order valence-corrected chi connectivity index (χ4v) is 2.50. The van der Waals surface area contributed by atoms with E-state index >= 15 is 0 Å². The Morgan fingerprint density at radius 1 is 1.30 bits per heavy atom. The Labute approximate surface area is 152 Å². The Morgan fingerprint density at radius 2 is 2.07 bits per heavy atom. The molecule has 1 amide bonds. The molecule has 0 fully saturated rings. The second-order valence-corrected chi connectivity index (χ2v) is 5.75. The van der Waals surface area contributed by atoms with Gasteiger partial charge in [0.1, 0.15) is 5.76 Å². The first-order valence-corrected chi connectivity index (χ1v) is 7.95. The van der Waals surface area contributed by atoms with Gasteiger partial charge in [0.25, 0.3) is 5.91 Å². The zero-order valence-electron chi connectivity index (χ0n) is 14.4. The van der Waals surface area contributed by atoms with E-state index in [2.05, 4.69) is 10.4 Å². The first kappa shape index (κ1) is 18.6. The van der Waals surface area contributed by atoms with Gasteiger partial charge in [-0.3, -0.25) is 4.79 Å². The number of aromatic nitrogens is 2. The first-order valence-electron chi connectivity index (χ1n) is 7.95. The number of halogens is 3. The molecule has 1 atom stereocenters. The van der Waals surface area contributed by atoms with Crippen molar-refractivity contribution in [1.82, 2.24) is 15.1 Å². The minimum Gasteiger partial charge on any atom is -0.493 e. The van der Waals surface area contributed by atoms with E-state index in [4.69, 9.17) is 9.15 Å². The standard InChI is InChI=1S/C18H16F3N3O3/c1-11(14-7-4-8-27-14)22-17(25)16-15(26-2)10-24(23-16)13-6-3-5-12(9-13)18(19,20)21/h3-11H,1-2H3,(H,22,25)/t11-/m0/s1. The summed E-state index contributed by atoms with van der Waals surface area (Å²) >= 11 is 0. The number of carbonyl (C=O) groups excluding carboxylic acids is 1. The molecule has 6 nitrogen and oxygen atoms in total. The Hall–Kier alpha value is -3.23. The van der Waals surface area contributed by atoms with Crippen LogP contribution in [0.15, 0.2) is 53.3 Å². The molecular weight excluding hydrogens is 363 g/mol. The molecule has 1 N–H and O–H groups in total. The average molecular weight is 379 g/mol. The first-order chi connectivity index (χ1) is 12.8. The maximum absolute atomic E-state index is 12.9. The average Bonchev–Trinajstić information content (AvgIpc) is 3.30. The molecule has 0 saturated heterocycles. The summed E-state index contributed by atoms with van der Waals surface area (Å²) in [6, 6.07) is 7.61. The van der Waals surface area contributed by atoms with Crippen LogP contribution in [0.5, 0.6) is 5.75 Å². The molecule has 1 aromatic carbocycles. The second-order valence-electron chi connectivity index (χ2n) is 5.75. The van der Waals surface area contributed by atoms with Gasteiger partial charge < -0.3 is 14.5 Å². The van der Waals surface area contributed by atoms with Gasteiger partial charge >= 0.3 is 6.18 Å². The third-order valence-corrected chi connectivity index (χ3v) is 3.87. The van der Waals surface area contributed by atoms with Crippen molar-refractivity contribution in [2.75, 3.05) is 7.11 Å². The number of rotatable bonds is 5. The highest BCUT2D eigenvalue weighted by Gasteiger charge is 2.31. The summed E-state index contributed by atoms with van der Waals surface area (Å²) in [4.78, 5) is 12.5. The van der Waals surface area contributed by atoms with Crippen LogP contribution >= 0.6 is 0 Å². The highest BCUT2D eigenvalue weighted by atomic mass is 19.4. The summed E-state index contributed by atoms with van der Waals surface area (Å²) in [7, 11) is 1.35. The van der Waals surface area contributed by atoms with E-state index in [9.17, 15) is 18.0 Å². The molecule has 142 valence electrons. The normalized spacial score (nSPS) is 12.6. The SMILES string of the molecule is COc1cn(-c2cccc(C(F)(F)F)c2)nc1C(=O)N[C@@H](C)c1ccco1. The van der Waals surface area contributed by atoms with Crippen molar-refractivity contribution in [2.45, 2.75) is 19.1 Å². The van der Waals surface area contributed by atoms with E-state index in [0.29, 0.717) is 5.76 Å². The number of alkyl halides is 3. The van der Waals surface area contributed by atoms with Crippen molar-refractivity contribution in [3.05, 3.63) is 65.9 Å². The zero-order chi connectivity index (χ0) is 19.6. The Bertz CT molecular complexity index is 933. The molecule has 2 heterocycles. The number of nitrogens with zero attached hydrogens (tertiary/aromatic N) is 2. The van der Waals surface area contributed by atoms with Crippen molar-refractivity contribution in [2.24, 2.45) is 0 Å². The van der Waals surface area contributed by atoms with E-state index in [1.165, 1.54) is 36.4 Å². The molecule has 0 aliphatic carbocycles. The number of amides is 1. The third-order valence-electron chi connectivity index (χ3n) is 3.87. The van der Waals surface area contributed by atoms with Crippen molar-refractivity contribution < 1.29 is 27.1 Å². The van der Waals surface area contributed by atoms with Gasteiger partial charge in [-0.05, 0) is 37.3 Å². The summed E-state index contributed by atoms with van der Waals surface area (Å²) in [5, 5.41) is 6.80. The van der Waals surface area contributed by atoms with Gasteiger partial charge in [0.2, 0.25) is 0 Å². The molecule has 3 aromatic rings. The Morgan fingerprint density at radius 3 is 2.70 bits per heavy atom. The largest absolute Gasteiger partial charge is 0.493 e. The van der Waals surface area contributed by atoms with Crippen LogP contribution in [-0.2, 0) is 6.18 Å². The van der Waals surface area contributed by atoms with Crippen molar-refractivity contribution in [3.8, 4) is 11.4 Å². The molecule has 0 radical (unpaired) electrons. The molecule has 27 heavy (non-hydrogen) atoms. The molecular formula is C18H16F3N3O3. The van der Waals surface area contributed by atoms with Gasteiger partial charge in [-0.25, -0.2) is 4.68 Å². The minimum absolute atomic E-state index is 0.0479. The molecule has 3 rings (SSSR count). The lowest BCUT2D eigenvalue weighted by molar-refractivity contribution is -0.137. The Balaban J connectivity index is 1.88. The van der Waals surface area contributed by atoms with Crippen LogP contribution in [0, 0.1) is 0 Å². The number of carbonyl (C=O) groups is 1. The number of nitrogens with one attached hydrogen (secondary N) is 1. The van der Waals surface area contributed by atoms with Crippen LogP contribution in [0.4, 0.5) is 13.2 Å². The molecule has 0 unspecified atom stereocenters. The van der Waals surface area contributed by atoms with Gasteiger partial charge in [-0.15, -0.1) is 0 Å². The third kappa shape index (κ3) is 3.97. The van der Waals surface area contributed by atoms with Gasteiger partial charge in [0.05, 0.1) is 36.9 Å². The zero-order valence-corrected chi connectivity index (χ0v) is 14.4. The lowest BCUT2D eigenvalue weighted by atomic mass is 10.2. The second kappa shape index (κ2) is 7.18. The predicted octanol–water partition coefficient (Wildman–Crippen LogP) is 3.98. The number of hydrogen-bond acceptors (Lipinski definition) is 4. The van der Waals surface area contributed by atoms with Crippen LogP contribution < -0.4 is 10.1 Å². The van der Waals surface area contributed by atoms with E-state index in [-0.39, 0.29) is 17.1 Å². The number of furan rings is 1. The van der Waals surface area contributed by atoms with Crippen molar-refractivity contribution in [3.63, 3.8) is 0 Å². The number of methoxy groups -OCH3 is 1. The lowest BCUT2D eigenvalue weighted by Gasteiger charge is -2.10. The molecule has 2 aromatic heterocycles. The van der Waals surface area contributed by atoms with E-state index in [1.54, 1.807) is 19.1 Å². The summed E-state index contributed by atoms with van der Waals surface area (Å²) in [6.07, 6.45) is -1.64. The molecule has 9 heteroatoms. The summed E-state index contributed by atoms with van der Waals surface area (Å²) in [5.74, 6) is 0.151. The topological polar surface area (TPSA) is 69.3 Å². The van der Waals surface area contributed by atoms with E-state index < -0.39 is 23.7 Å². The molecule has 0 spiro atoms. The maximum Gasteiger partial charge on any atom is 0.416 e. The quantitative estimate of drug-likeness (QED) is 0.728. The fraction of sp³-hybridized carbons (Fsp3) is 0.222. The maximum atomic E-state index is 12.9. The van der Waals surface area contributed by atoms with E-state index in [0.717, 1.165) is 12.1 Å². The highest BCUT2D eigenvalue weighted by molar-refractivity contribution is 5.95. The summed E-state index contributed by atoms with van der Waals surface area (Å²) in [5.41, 5.74) is -0.707. The van der Waals surface area contributed by atoms with Crippen LogP contribution in [0.25, 0.3) is 5.69 Å². The van der Waals surface area contributed by atoms with Crippen molar-refractivity contribution in [1.29, 1.82) is 0 Å². The van der Waals surface area contributed by atoms with Gasteiger partial charge in [0, 0.05) is 0 Å². The van der Waals surface area contributed by atoms with Gasteiger partial charge in [-0.2, -0.15) is 18.3 Å².